The lowest BCUT2D eigenvalue weighted by molar-refractivity contribution is -0.150. The fourth-order valence-electron chi connectivity index (χ4n) is 6.82. The Balaban J connectivity index is 1.29. The van der Waals surface area contributed by atoms with Crippen LogP contribution in [0.25, 0.3) is 11.1 Å². The number of carbonyl (C=O) groups excluding carboxylic acids is 1. The predicted octanol–water partition coefficient (Wildman–Crippen LogP) is 6.11. The molecule has 1 saturated carbocycles. The number of likely N-dealkylation sites (tertiary alicyclic amines) is 1. The zero-order chi connectivity index (χ0) is 26.3. The van der Waals surface area contributed by atoms with Gasteiger partial charge in [-0.3, -0.25) is 9.88 Å². The first-order chi connectivity index (χ1) is 18.4. The average molecular weight is 577 g/mol. The van der Waals surface area contributed by atoms with Crippen molar-refractivity contribution in [3.05, 3.63) is 88.2 Å². The van der Waals surface area contributed by atoms with Crippen molar-refractivity contribution in [3.8, 4) is 11.1 Å². The van der Waals surface area contributed by atoms with Gasteiger partial charge in [0.2, 0.25) is 0 Å². The van der Waals surface area contributed by atoms with Crippen LogP contribution in [0.4, 0.5) is 4.79 Å². The number of carboxylic acids is 1. The molecule has 38 heavy (non-hydrogen) atoms. The Morgan fingerprint density at radius 3 is 2.32 bits per heavy atom. The van der Waals surface area contributed by atoms with E-state index in [0.29, 0.717) is 6.42 Å². The van der Waals surface area contributed by atoms with Crippen molar-refractivity contribution in [1.29, 1.82) is 0 Å². The summed E-state index contributed by atoms with van der Waals surface area (Å²) >= 11 is 3.58. The molecule has 3 aromatic rings. The minimum Gasteiger partial charge on any atom is -0.480 e. The monoisotopic (exact) mass is 576 g/mol. The molecule has 1 saturated heterocycles. The molecule has 3 aliphatic rings. The summed E-state index contributed by atoms with van der Waals surface area (Å²) in [7, 11) is 0. The first-order valence-corrected chi connectivity index (χ1v) is 13.8. The number of nitrogens with zero attached hydrogens (tertiary/aromatic N) is 2. The molecule has 2 aliphatic carbocycles. The number of rotatable bonds is 6. The zero-order valence-electron chi connectivity index (χ0n) is 20.9. The van der Waals surface area contributed by atoms with E-state index in [1.54, 1.807) is 12.4 Å². The summed E-state index contributed by atoms with van der Waals surface area (Å²) in [4.78, 5) is 31.4. The van der Waals surface area contributed by atoms with E-state index < -0.39 is 23.7 Å². The van der Waals surface area contributed by atoms with Gasteiger partial charge in [-0.1, -0.05) is 61.4 Å². The summed E-state index contributed by atoms with van der Waals surface area (Å²) in [6.45, 7) is 0.00428. The SMILES string of the molecule is O=C(O)COC1(c2ccncc2Br)CN(C(=O)OCC2c3ccccc3-c3ccccc32)C2(CCCC2)C1. The van der Waals surface area contributed by atoms with Gasteiger partial charge in [0, 0.05) is 40.3 Å². The molecule has 1 N–H and O–H groups in total. The van der Waals surface area contributed by atoms with Crippen molar-refractivity contribution in [2.24, 2.45) is 0 Å². The Morgan fingerprint density at radius 2 is 1.68 bits per heavy atom. The number of carboxylic acid groups (broad SMARTS) is 1. The van der Waals surface area contributed by atoms with E-state index in [9.17, 15) is 14.7 Å². The predicted molar refractivity (Wildman–Crippen MR) is 145 cm³/mol. The lowest BCUT2D eigenvalue weighted by Crippen LogP contribution is -2.46. The van der Waals surface area contributed by atoms with Gasteiger partial charge in [0.05, 0.1) is 6.54 Å². The highest BCUT2D eigenvalue weighted by Gasteiger charge is 2.58. The van der Waals surface area contributed by atoms with Crippen molar-refractivity contribution in [2.45, 2.75) is 49.2 Å². The van der Waals surface area contributed by atoms with Crippen LogP contribution in [0.3, 0.4) is 0 Å². The van der Waals surface area contributed by atoms with Gasteiger partial charge in [-0.25, -0.2) is 9.59 Å². The van der Waals surface area contributed by atoms with Gasteiger partial charge in [-0.2, -0.15) is 0 Å². The molecule has 1 amide bonds. The smallest absolute Gasteiger partial charge is 0.410 e. The topological polar surface area (TPSA) is 89.0 Å². The van der Waals surface area contributed by atoms with Crippen molar-refractivity contribution < 1.29 is 24.2 Å². The lowest BCUT2D eigenvalue weighted by atomic mass is 9.84. The molecule has 196 valence electrons. The first kappa shape index (κ1) is 25.1. The highest BCUT2D eigenvalue weighted by Crippen LogP contribution is 2.53. The molecule has 8 heteroatoms. The van der Waals surface area contributed by atoms with E-state index >= 15 is 0 Å². The minimum absolute atomic E-state index is 0.0316. The number of pyridine rings is 1. The maximum absolute atomic E-state index is 13.8. The molecule has 0 bridgehead atoms. The van der Waals surface area contributed by atoms with Gasteiger partial charge >= 0.3 is 12.1 Å². The molecular weight excluding hydrogens is 548 g/mol. The highest BCUT2D eigenvalue weighted by molar-refractivity contribution is 9.10. The van der Waals surface area contributed by atoms with Gasteiger partial charge in [-0.15, -0.1) is 0 Å². The van der Waals surface area contributed by atoms with Crippen LogP contribution < -0.4 is 0 Å². The number of fused-ring (bicyclic) bond motifs is 3. The van der Waals surface area contributed by atoms with Gasteiger partial charge in [-0.05, 0) is 57.1 Å². The molecule has 1 unspecified atom stereocenters. The van der Waals surface area contributed by atoms with E-state index in [-0.39, 0.29) is 25.2 Å². The number of hydrogen-bond donors (Lipinski definition) is 1. The summed E-state index contributed by atoms with van der Waals surface area (Å²) < 4.78 is 13.0. The van der Waals surface area contributed by atoms with Gasteiger partial charge in [0.25, 0.3) is 0 Å². The van der Waals surface area contributed by atoms with Gasteiger partial charge in [0.1, 0.15) is 18.8 Å². The number of benzene rings is 2. The van der Waals surface area contributed by atoms with Crippen LogP contribution in [0.2, 0.25) is 0 Å². The molecule has 1 aromatic heterocycles. The molecule has 7 nitrogen and oxygen atoms in total. The second kappa shape index (κ2) is 9.82. The Labute approximate surface area is 229 Å². The van der Waals surface area contributed by atoms with Crippen LogP contribution in [0, 0.1) is 0 Å². The molecule has 1 spiro atoms. The van der Waals surface area contributed by atoms with Crippen LogP contribution in [-0.2, 0) is 19.9 Å². The third-order valence-corrected chi connectivity index (χ3v) is 9.06. The molecule has 2 aromatic carbocycles. The van der Waals surface area contributed by atoms with Crippen LogP contribution in [0.1, 0.15) is 54.7 Å². The molecular formula is C30H29BrN2O5. The first-order valence-electron chi connectivity index (χ1n) is 13.0. The van der Waals surface area contributed by atoms with E-state index in [1.807, 2.05) is 35.2 Å². The summed E-state index contributed by atoms with van der Waals surface area (Å²) in [5.41, 5.74) is 4.08. The number of ether oxygens (including phenoxy) is 2. The number of hydrogen-bond acceptors (Lipinski definition) is 5. The van der Waals surface area contributed by atoms with E-state index in [2.05, 4.69) is 45.2 Å². The second-order valence-electron chi connectivity index (χ2n) is 10.5. The number of aromatic nitrogens is 1. The molecule has 1 atom stereocenters. The van der Waals surface area contributed by atoms with Gasteiger partial charge < -0.3 is 14.6 Å². The normalized spacial score (nSPS) is 21.4. The Bertz CT molecular complexity index is 1340. The van der Waals surface area contributed by atoms with Crippen LogP contribution in [-0.4, -0.2) is 52.4 Å². The maximum Gasteiger partial charge on any atom is 0.410 e. The summed E-state index contributed by atoms with van der Waals surface area (Å²) in [5.74, 6) is -1.08. The summed E-state index contributed by atoms with van der Waals surface area (Å²) in [6.07, 6.45) is 7.15. The largest absolute Gasteiger partial charge is 0.480 e. The molecule has 6 rings (SSSR count). The Hall–Kier alpha value is -3.23. The third kappa shape index (κ3) is 4.20. The fourth-order valence-corrected chi connectivity index (χ4v) is 7.43. The highest BCUT2D eigenvalue weighted by atomic mass is 79.9. The quantitative estimate of drug-likeness (QED) is 0.381. The third-order valence-electron chi connectivity index (χ3n) is 8.43. The number of halogens is 1. The number of aliphatic carboxylic acids is 1. The van der Waals surface area contributed by atoms with Crippen LogP contribution >= 0.6 is 15.9 Å². The Kier molecular flexibility index (Phi) is 6.48. The molecule has 1 aliphatic heterocycles. The Morgan fingerprint density at radius 1 is 1.03 bits per heavy atom. The fraction of sp³-hybridized carbons (Fsp3) is 0.367. The van der Waals surface area contributed by atoms with Crippen molar-refractivity contribution in [3.63, 3.8) is 0 Å². The summed E-state index contributed by atoms with van der Waals surface area (Å²) in [6, 6.07) is 18.4. The lowest BCUT2D eigenvalue weighted by Gasteiger charge is -2.34. The van der Waals surface area contributed by atoms with Crippen molar-refractivity contribution in [1.82, 2.24) is 9.88 Å². The van der Waals surface area contributed by atoms with Crippen molar-refractivity contribution >= 4 is 28.0 Å². The molecule has 0 radical (unpaired) electrons. The van der Waals surface area contributed by atoms with E-state index in [1.165, 1.54) is 22.3 Å². The number of amides is 1. The molecule has 2 heterocycles. The van der Waals surface area contributed by atoms with Crippen LogP contribution in [0.15, 0.2) is 71.5 Å². The van der Waals surface area contributed by atoms with Crippen molar-refractivity contribution in [2.75, 3.05) is 19.8 Å². The average Bonchev–Trinajstić information content (AvgIpc) is 3.62. The second-order valence-corrected chi connectivity index (χ2v) is 11.4. The number of carbonyl (C=O) groups is 2. The van der Waals surface area contributed by atoms with E-state index in [4.69, 9.17) is 9.47 Å². The standard InChI is InChI=1S/C30H29BrN2O5/c31-26-15-32-14-11-25(26)30(38-17-27(34)35)18-29(12-5-6-13-29)33(19-30)28(36)37-16-24-22-9-3-1-7-20(22)21-8-2-4-10-23(21)24/h1-4,7-11,14-15,24H,5-6,12-13,16-19H2,(H,34,35). The van der Waals surface area contributed by atoms with Gasteiger partial charge in [0.15, 0.2) is 0 Å². The van der Waals surface area contributed by atoms with E-state index in [0.717, 1.165) is 35.7 Å². The maximum atomic E-state index is 13.8. The summed E-state index contributed by atoms with van der Waals surface area (Å²) in [5, 5.41) is 9.45. The minimum atomic E-state index is -1.05. The van der Waals surface area contributed by atoms with Crippen LogP contribution in [0.5, 0.6) is 0 Å². The zero-order valence-corrected chi connectivity index (χ0v) is 22.5. The molecule has 2 fully saturated rings.